The second kappa shape index (κ2) is 4.54. The molecule has 0 fully saturated rings. The number of hydrogen-bond acceptors (Lipinski definition) is 3. The van der Waals surface area contributed by atoms with Gasteiger partial charge in [0, 0.05) is 12.3 Å². The molecule has 12 heavy (non-hydrogen) atoms. The Morgan fingerprint density at radius 3 is 2.58 bits per heavy atom. The molecule has 0 aliphatic carbocycles. The minimum atomic E-state index is -0.618. The molecule has 0 aliphatic heterocycles. The summed E-state index contributed by atoms with van der Waals surface area (Å²) in [6, 6.07) is 0. The standard InChI is InChI=1S/C7H8NO3.Na/c1-3-4-8-6(9)5(2)11-7(8)10;/h3H,1,4H2,2H3;/q-1;+1. The third kappa shape index (κ3) is 2.03. The Labute approximate surface area is 91.2 Å². The van der Waals surface area contributed by atoms with E-state index in [1.165, 1.54) is 13.0 Å². The molecule has 0 unspecified atom stereocenters. The van der Waals surface area contributed by atoms with Gasteiger partial charge in [0.15, 0.2) is 5.56 Å². The molecule has 0 spiro atoms. The van der Waals surface area contributed by atoms with Gasteiger partial charge in [0.25, 0.3) is 5.76 Å². The van der Waals surface area contributed by atoms with Crippen molar-refractivity contribution in [3.05, 3.63) is 39.3 Å². The van der Waals surface area contributed by atoms with E-state index >= 15 is 0 Å². The van der Waals surface area contributed by atoms with E-state index in [0.29, 0.717) is 0 Å². The van der Waals surface area contributed by atoms with Crippen molar-refractivity contribution in [1.29, 1.82) is 0 Å². The fraction of sp³-hybridized carbons (Fsp3) is 0.286. The van der Waals surface area contributed by atoms with Crippen molar-refractivity contribution < 1.29 is 34.0 Å². The second-order valence-corrected chi connectivity index (χ2v) is 2.13. The third-order valence-electron chi connectivity index (χ3n) is 1.32. The SMILES string of the molecule is C=CCn1c(=O)o[c-](C)c1=O.[Na+]. The first-order valence-electron chi connectivity index (χ1n) is 3.15. The quantitative estimate of drug-likeness (QED) is 0.275. The van der Waals surface area contributed by atoms with Crippen LogP contribution in [0, 0.1) is 6.92 Å². The second-order valence-electron chi connectivity index (χ2n) is 2.13. The van der Waals surface area contributed by atoms with Gasteiger partial charge in [-0.1, -0.05) is 13.0 Å². The monoisotopic (exact) mass is 177 g/mol. The van der Waals surface area contributed by atoms with Gasteiger partial charge in [-0.3, -0.25) is 4.79 Å². The summed E-state index contributed by atoms with van der Waals surface area (Å²) in [4.78, 5) is 21.8. The number of oxazole rings is 1. The Hall–Kier alpha value is -0.450. The van der Waals surface area contributed by atoms with Gasteiger partial charge in [-0.2, -0.15) is 0 Å². The number of aromatic nitrogens is 1. The van der Waals surface area contributed by atoms with Crippen LogP contribution in [0.1, 0.15) is 5.76 Å². The van der Waals surface area contributed by atoms with E-state index in [1.54, 1.807) is 0 Å². The average Bonchev–Trinajstić information content (AvgIpc) is 2.17. The predicted octanol–water partition coefficient (Wildman–Crippen LogP) is -2.98. The van der Waals surface area contributed by atoms with Crippen molar-refractivity contribution in [1.82, 2.24) is 4.57 Å². The summed E-state index contributed by atoms with van der Waals surface area (Å²) in [5.41, 5.74) is -0.380. The maximum atomic E-state index is 11.0. The maximum Gasteiger partial charge on any atom is 1.00 e. The number of nitrogens with zero attached hydrogens (tertiary/aromatic N) is 1. The van der Waals surface area contributed by atoms with Crippen LogP contribution in [0.2, 0.25) is 0 Å². The summed E-state index contributed by atoms with van der Waals surface area (Å²) in [6.07, 6.45) is 1.47. The van der Waals surface area contributed by atoms with Crippen molar-refractivity contribution in [3.63, 3.8) is 0 Å². The van der Waals surface area contributed by atoms with E-state index in [0.717, 1.165) is 4.57 Å². The normalized spacial score (nSPS) is 9.08. The molecule has 1 aromatic heterocycles. The van der Waals surface area contributed by atoms with Crippen molar-refractivity contribution in [3.8, 4) is 0 Å². The Morgan fingerprint density at radius 2 is 2.25 bits per heavy atom. The van der Waals surface area contributed by atoms with Crippen LogP contribution in [0.5, 0.6) is 0 Å². The van der Waals surface area contributed by atoms with Crippen LogP contribution in [0.4, 0.5) is 0 Å². The van der Waals surface area contributed by atoms with Crippen molar-refractivity contribution in [2.45, 2.75) is 13.5 Å². The summed E-state index contributed by atoms with van der Waals surface area (Å²) in [5, 5.41) is 0. The average molecular weight is 177 g/mol. The molecule has 1 rings (SSSR count). The molecule has 1 aromatic rings. The zero-order valence-corrected chi connectivity index (χ0v) is 9.16. The van der Waals surface area contributed by atoms with Crippen LogP contribution in [-0.2, 0) is 6.54 Å². The Bertz CT molecular complexity index is 371. The molecule has 5 heteroatoms. The Morgan fingerprint density at radius 1 is 1.67 bits per heavy atom. The van der Waals surface area contributed by atoms with Crippen molar-refractivity contribution >= 4 is 0 Å². The van der Waals surface area contributed by atoms with E-state index in [4.69, 9.17) is 0 Å². The fourth-order valence-electron chi connectivity index (χ4n) is 0.789. The van der Waals surface area contributed by atoms with E-state index in [-0.39, 0.29) is 47.4 Å². The fourth-order valence-corrected chi connectivity index (χ4v) is 0.789. The summed E-state index contributed by atoms with van der Waals surface area (Å²) < 4.78 is 5.53. The largest absolute Gasteiger partial charge is 1.00 e. The topological polar surface area (TPSA) is 52.2 Å². The molecule has 0 aromatic carbocycles. The molecule has 0 aliphatic rings. The van der Waals surface area contributed by atoms with Crippen LogP contribution in [0.15, 0.2) is 26.7 Å². The van der Waals surface area contributed by atoms with Crippen molar-refractivity contribution in [2.24, 2.45) is 0 Å². The third-order valence-corrected chi connectivity index (χ3v) is 1.32. The predicted molar refractivity (Wildman–Crippen MR) is 39.8 cm³/mol. The zero-order chi connectivity index (χ0) is 8.43. The minimum absolute atomic E-state index is 0. The van der Waals surface area contributed by atoms with Crippen molar-refractivity contribution in [2.75, 3.05) is 0 Å². The number of allylic oxidation sites excluding steroid dienone is 1. The summed E-state index contributed by atoms with van der Waals surface area (Å²) in [6.45, 7) is 5.07. The molecule has 0 amide bonds. The molecule has 0 N–H and O–H groups in total. The van der Waals surface area contributed by atoms with E-state index in [1.807, 2.05) is 0 Å². The summed E-state index contributed by atoms with van der Waals surface area (Å²) in [7, 11) is 0. The smallest absolute Gasteiger partial charge is 0.587 e. The van der Waals surface area contributed by atoms with Gasteiger partial charge in [-0.15, -0.1) is 6.58 Å². The maximum absolute atomic E-state index is 11.0. The molecule has 0 atom stereocenters. The zero-order valence-electron chi connectivity index (χ0n) is 7.16. The van der Waals surface area contributed by atoms with E-state index in [2.05, 4.69) is 11.0 Å². The molecular weight excluding hydrogens is 169 g/mol. The molecule has 0 bridgehead atoms. The van der Waals surface area contributed by atoms with Crippen LogP contribution >= 0.6 is 0 Å². The van der Waals surface area contributed by atoms with Gasteiger partial charge < -0.3 is 13.8 Å². The Balaban J connectivity index is 0.00000121. The van der Waals surface area contributed by atoms with Crippen LogP contribution in [-0.4, -0.2) is 4.57 Å². The molecule has 4 nitrogen and oxygen atoms in total. The van der Waals surface area contributed by atoms with Gasteiger partial charge in [-0.05, 0) is 0 Å². The first-order valence-corrected chi connectivity index (χ1v) is 3.15. The summed E-state index contributed by atoms with van der Waals surface area (Å²) >= 11 is 0. The Kier molecular flexibility index (Phi) is 4.37. The molecule has 1 heterocycles. The van der Waals surface area contributed by atoms with Crippen LogP contribution in [0.25, 0.3) is 0 Å². The van der Waals surface area contributed by atoms with Crippen LogP contribution < -0.4 is 40.9 Å². The molecule has 60 valence electrons. The van der Waals surface area contributed by atoms with Gasteiger partial charge in [0.1, 0.15) is 0 Å². The molecular formula is C7H8NNaO3. The summed E-state index contributed by atoms with van der Waals surface area (Å²) in [5.74, 6) is -0.496. The number of rotatable bonds is 2. The van der Waals surface area contributed by atoms with Gasteiger partial charge in [-0.25, -0.2) is 0 Å². The molecule has 0 radical (unpaired) electrons. The first kappa shape index (κ1) is 11.6. The molecule has 0 saturated heterocycles. The first-order chi connectivity index (χ1) is 5.16. The van der Waals surface area contributed by atoms with Crippen LogP contribution in [0.3, 0.4) is 0 Å². The number of aryl methyl sites for hydroxylation is 1. The van der Waals surface area contributed by atoms with Gasteiger partial charge in [0.2, 0.25) is 0 Å². The number of hydrogen-bond donors (Lipinski definition) is 0. The van der Waals surface area contributed by atoms with Gasteiger partial charge in [0.05, 0.1) is 0 Å². The minimum Gasteiger partial charge on any atom is -0.587 e. The van der Waals surface area contributed by atoms with E-state index in [9.17, 15) is 9.59 Å². The molecule has 0 saturated carbocycles. The van der Waals surface area contributed by atoms with E-state index < -0.39 is 5.76 Å². The van der Waals surface area contributed by atoms with Gasteiger partial charge >= 0.3 is 29.6 Å².